The number of piperazine rings is 1. The number of nitrogens with zero attached hydrogens (tertiary/aromatic N) is 2. The van der Waals surface area contributed by atoms with Gasteiger partial charge in [-0.25, -0.2) is 4.39 Å². The Labute approximate surface area is 237 Å². The van der Waals surface area contributed by atoms with E-state index in [9.17, 15) is 19.1 Å². The summed E-state index contributed by atoms with van der Waals surface area (Å²) in [6.07, 6.45) is 6.09. The van der Waals surface area contributed by atoms with Crippen LogP contribution in [0.3, 0.4) is 0 Å². The van der Waals surface area contributed by atoms with E-state index < -0.39 is 6.10 Å². The first-order valence-electron chi connectivity index (χ1n) is 14.3. The molecule has 0 bridgehead atoms. The van der Waals surface area contributed by atoms with Crippen LogP contribution in [0.15, 0.2) is 55.1 Å². The Bertz CT molecular complexity index is 1180. The van der Waals surface area contributed by atoms with E-state index in [2.05, 4.69) is 16.8 Å². The number of halogens is 1. The lowest BCUT2D eigenvalue weighted by atomic mass is 9.74. The highest BCUT2D eigenvalue weighted by Crippen LogP contribution is 2.35. The summed E-state index contributed by atoms with van der Waals surface area (Å²) in [4.78, 5) is 29.0. The zero-order chi connectivity index (χ0) is 28.7. The van der Waals surface area contributed by atoms with Gasteiger partial charge in [-0.1, -0.05) is 38.0 Å². The van der Waals surface area contributed by atoms with Gasteiger partial charge in [0.15, 0.2) is 0 Å². The maximum Gasteiger partial charge on any atom is 0.251 e. The summed E-state index contributed by atoms with van der Waals surface area (Å²) >= 11 is 0. The number of hydrogen-bond acceptors (Lipinski definition) is 5. The van der Waals surface area contributed by atoms with Gasteiger partial charge >= 0.3 is 0 Å². The van der Waals surface area contributed by atoms with E-state index in [1.54, 1.807) is 37.3 Å². The molecule has 1 aliphatic heterocycles. The number of amides is 2. The van der Waals surface area contributed by atoms with Crippen molar-refractivity contribution >= 4 is 11.8 Å². The van der Waals surface area contributed by atoms with Crippen LogP contribution < -0.4 is 10.1 Å². The summed E-state index contributed by atoms with van der Waals surface area (Å²) in [6.45, 7) is 10.3. The van der Waals surface area contributed by atoms with Gasteiger partial charge in [-0.2, -0.15) is 0 Å². The summed E-state index contributed by atoms with van der Waals surface area (Å²) in [5.74, 6) is 0.0413. The standard InChI is InChI=1S/C32H42FN3O4/c1-4-30(38)36-17-16-35(19-24(36)3)20-29(26-9-8-23(2)28(33)18-26)40-27-12-10-25(11-13-27)31(39)34-21-32(22-37)14-6-5-7-15-32/h4,8-13,18,24,29,37H,1,5-7,14-17,19-22H2,2-3H3,(H,34,39)/t24-,29+/m1/s1. The van der Waals surface area contributed by atoms with Crippen LogP contribution >= 0.6 is 0 Å². The number of ether oxygens (including phenoxy) is 1. The first kappa shape index (κ1) is 29.7. The topological polar surface area (TPSA) is 82.1 Å². The van der Waals surface area contributed by atoms with Crippen molar-refractivity contribution in [3.63, 3.8) is 0 Å². The van der Waals surface area contributed by atoms with Crippen LogP contribution in [-0.4, -0.2) is 72.1 Å². The molecule has 2 amide bonds. The Kier molecular flexibility index (Phi) is 9.98. The van der Waals surface area contributed by atoms with Crippen molar-refractivity contribution in [2.45, 2.75) is 58.1 Å². The summed E-state index contributed by atoms with van der Waals surface area (Å²) in [7, 11) is 0. The molecule has 1 aliphatic carbocycles. The molecule has 4 rings (SSSR count). The number of aliphatic hydroxyl groups is 1. The fourth-order valence-electron chi connectivity index (χ4n) is 5.81. The number of benzene rings is 2. The van der Waals surface area contributed by atoms with Gasteiger partial charge in [0.05, 0.1) is 6.61 Å². The minimum Gasteiger partial charge on any atom is -0.484 e. The quantitative estimate of drug-likeness (QED) is 0.421. The van der Waals surface area contributed by atoms with Crippen molar-refractivity contribution in [2.24, 2.45) is 5.41 Å². The van der Waals surface area contributed by atoms with Crippen LogP contribution in [0.4, 0.5) is 4.39 Å². The SMILES string of the molecule is C=CC(=O)N1CCN(C[C@H](Oc2ccc(C(=O)NCC3(CO)CCCCC3)cc2)c2ccc(C)c(F)c2)C[C@H]1C. The molecule has 0 aromatic heterocycles. The lowest BCUT2D eigenvalue weighted by Crippen LogP contribution is -2.54. The molecule has 7 nitrogen and oxygen atoms in total. The molecule has 2 aromatic rings. The number of hydrogen-bond donors (Lipinski definition) is 2. The largest absolute Gasteiger partial charge is 0.484 e. The predicted molar refractivity (Wildman–Crippen MR) is 154 cm³/mol. The molecule has 8 heteroatoms. The molecule has 0 unspecified atom stereocenters. The minimum absolute atomic E-state index is 0.0195. The number of rotatable bonds is 10. The highest BCUT2D eigenvalue weighted by atomic mass is 19.1. The lowest BCUT2D eigenvalue weighted by Gasteiger charge is -2.40. The van der Waals surface area contributed by atoms with Crippen molar-refractivity contribution < 1.29 is 23.8 Å². The average Bonchev–Trinajstić information content (AvgIpc) is 2.97. The van der Waals surface area contributed by atoms with Crippen molar-refractivity contribution in [1.29, 1.82) is 0 Å². The Morgan fingerprint density at radius 1 is 1.18 bits per heavy atom. The number of carbonyl (C=O) groups excluding carboxylic acids is 2. The second kappa shape index (κ2) is 13.4. The molecule has 1 saturated carbocycles. The van der Waals surface area contributed by atoms with Crippen LogP contribution in [0.25, 0.3) is 0 Å². The van der Waals surface area contributed by atoms with E-state index in [1.807, 2.05) is 17.9 Å². The molecule has 216 valence electrons. The molecular formula is C32H42FN3O4. The van der Waals surface area contributed by atoms with Gasteiger partial charge < -0.3 is 20.1 Å². The highest BCUT2D eigenvalue weighted by Gasteiger charge is 2.32. The van der Waals surface area contributed by atoms with Gasteiger partial charge in [0.1, 0.15) is 17.7 Å². The normalized spacial score (nSPS) is 20.0. The van der Waals surface area contributed by atoms with Crippen molar-refractivity contribution in [3.05, 3.63) is 77.6 Å². The molecule has 0 spiro atoms. The summed E-state index contributed by atoms with van der Waals surface area (Å²) in [5, 5.41) is 12.9. The fraction of sp³-hybridized carbons (Fsp3) is 0.500. The average molecular weight is 552 g/mol. The van der Waals surface area contributed by atoms with E-state index in [0.717, 1.165) is 31.2 Å². The third-order valence-corrected chi connectivity index (χ3v) is 8.43. The summed E-state index contributed by atoms with van der Waals surface area (Å²) < 4.78 is 20.9. The second-order valence-corrected chi connectivity index (χ2v) is 11.4. The Morgan fingerprint density at radius 3 is 2.52 bits per heavy atom. The van der Waals surface area contributed by atoms with Gasteiger partial charge in [0.25, 0.3) is 5.91 Å². The Morgan fingerprint density at radius 2 is 1.90 bits per heavy atom. The maximum atomic E-state index is 14.5. The first-order valence-corrected chi connectivity index (χ1v) is 14.3. The van der Waals surface area contributed by atoms with E-state index in [0.29, 0.717) is 49.6 Å². The molecule has 2 atom stereocenters. The lowest BCUT2D eigenvalue weighted by molar-refractivity contribution is -0.130. The van der Waals surface area contributed by atoms with Crippen molar-refractivity contribution in [2.75, 3.05) is 39.3 Å². The number of nitrogens with one attached hydrogen (secondary N) is 1. The monoisotopic (exact) mass is 551 g/mol. The predicted octanol–water partition coefficient (Wildman–Crippen LogP) is 4.65. The second-order valence-electron chi connectivity index (χ2n) is 11.4. The summed E-state index contributed by atoms with van der Waals surface area (Å²) in [6, 6.07) is 12.2. The zero-order valence-corrected chi connectivity index (χ0v) is 23.7. The van der Waals surface area contributed by atoms with Crippen molar-refractivity contribution in [1.82, 2.24) is 15.1 Å². The number of carbonyl (C=O) groups is 2. The van der Waals surface area contributed by atoms with Crippen LogP contribution in [0.5, 0.6) is 5.75 Å². The van der Waals surface area contributed by atoms with Crippen LogP contribution in [0.1, 0.15) is 66.6 Å². The molecule has 2 aliphatic rings. The van der Waals surface area contributed by atoms with Crippen LogP contribution in [-0.2, 0) is 4.79 Å². The number of aliphatic hydroxyl groups excluding tert-OH is 1. The molecule has 2 N–H and O–H groups in total. The highest BCUT2D eigenvalue weighted by molar-refractivity contribution is 5.94. The van der Waals surface area contributed by atoms with Gasteiger partial charge in [-0.3, -0.25) is 14.5 Å². The molecule has 40 heavy (non-hydrogen) atoms. The van der Waals surface area contributed by atoms with E-state index >= 15 is 0 Å². The van der Waals surface area contributed by atoms with Gasteiger partial charge in [0, 0.05) is 49.7 Å². The molecule has 1 saturated heterocycles. The van der Waals surface area contributed by atoms with Gasteiger partial charge in [0.2, 0.25) is 5.91 Å². The zero-order valence-electron chi connectivity index (χ0n) is 23.7. The van der Waals surface area contributed by atoms with E-state index in [1.165, 1.54) is 18.6 Å². The maximum absolute atomic E-state index is 14.5. The molecule has 2 aromatic carbocycles. The van der Waals surface area contributed by atoms with Crippen LogP contribution in [0, 0.1) is 18.2 Å². The first-order chi connectivity index (χ1) is 19.2. The summed E-state index contributed by atoms with van der Waals surface area (Å²) in [5.41, 5.74) is 1.59. The van der Waals surface area contributed by atoms with Gasteiger partial charge in [-0.05, 0) is 74.2 Å². The molecule has 2 fully saturated rings. The third kappa shape index (κ3) is 7.29. The molecule has 0 radical (unpaired) electrons. The fourth-order valence-corrected chi connectivity index (χ4v) is 5.81. The smallest absolute Gasteiger partial charge is 0.251 e. The Hall–Kier alpha value is -3.23. The third-order valence-electron chi connectivity index (χ3n) is 8.43. The van der Waals surface area contributed by atoms with E-state index in [-0.39, 0.29) is 35.7 Å². The Balaban J connectivity index is 1.43. The van der Waals surface area contributed by atoms with Crippen molar-refractivity contribution in [3.8, 4) is 5.75 Å². The van der Waals surface area contributed by atoms with Gasteiger partial charge in [-0.15, -0.1) is 0 Å². The number of aryl methyl sites for hydroxylation is 1. The van der Waals surface area contributed by atoms with E-state index in [4.69, 9.17) is 4.74 Å². The minimum atomic E-state index is -0.445. The molecule has 1 heterocycles. The molecular weight excluding hydrogens is 509 g/mol. The van der Waals surface area contributed by atoms with Crippen LogP contribution in [0.2, 0.25) is 0 Å².